The van der Waals surface area contributed by atoms with E-state index in [-0.39, 0.29) is 5.60 Å². The van der Waals surface area contributed by atoms with E-state index in [1.807, 2.05) is 0 Å². The number of rotatable bonds is 0. The van der Waals surface area contributed by atoms with Gasteiger partial charge in [-0.2, -0.15) is 0 Å². The first kappa shape index (κ1) is 11.1. The second-order valence-corrected chi connectivity index (χ2v) is 7.59. The SMILES string of the molecule is C[C@@H]1CC[C@@H]2[C@@H]1[C@@H]1[C@H](CC[C@@]2(C)O)C1(C)C. The molecule has 1 heteroatoms. The number of fused-ring (bicyclic) bond motifs is 3. The van der Waals surface area contributed by atoms with E-state index in [0.717, 1.165) is 30.1 Å². The molecular weight excluding hydrogens is 196 g/mol. The minimum Gasteiger partial charge on any atom is -0.390 e. The molecule has 0 radical (unpaired) electrons. The maximum Gasteiger partial charge on any atom is 0.0650 e. The lowest BCUT2D eigenvalue weighted by molar-refractivity contribution is -0.0302. The van der Waals surface area contributed by atoms with Gasteiger partial charge in [-0.3, -0.25) is 0 Å². The lowest BCUT2D eigenvalue weighted by Crippen LogP contribution is -2.38. The third-order valence-corrected chi connectivity index (χ3v) is 6.37. The van der Waals surface area contributed by atoms with Crippen LogP contribution in [0.3, 0.4) is 0 Å². The summed E-state index contributed by atoms with van der Waals surface area (Å²) in [5, 5.41) is 10.7. The fourth-order valence-electron chi connectivity index (χ4n) is 5.29. The van der Waals surface area contributed by atoms with E-state index < -0.39 is 0 Å². The van der Waals surface area contributed by atoms with Crippen LogP contribution in [0.5, 0.6) is 0 Å². The van der Waals surface area contributed by atoms with Crippen LogP contribution in [0.2, 0.25) is 0 Å². The second-order valence-electron chi connectivity index (χ2n) is 7.59. The normalized spacial score (nSPS) is 58.7. The van der Waals surface area contributed by atoms with Crippen LogP contribution in [0.4, 0.5) is 0 Å². The zero-order chi connectivity index (χ0) is 11.7. The molecule has 0 aliphatic heterocycles. The van der Waals surface area contributed by atoms with Gasteiger partial charge in [0, 0.05) is 0 Å². The number of aliphatic hydroxyl groups is 1. The lowest BCUT2D eigenvalue weighted by Gasteiger charge is -2.35. The zero-order valence-corrected chi connectivity index (χ0v) is 11.2. The molecule has 0 aromatic carbocycles. The van der Waals surface area contributed by atoms with E-state index in [4.69, 9.17) is 0 Å². The smallest absolute Gasteiger partial charge is 0.0650 e. The van der Waals surface area contributed by atoms with Gasteiger partial charge in [-0.1, -0.05) is 27.2 Å². The summed E-state index contributed by atoms with van der Waals surface area (Å²) in [6, 6.07) is 0. The molecule has 0 amide bonds. The van der Waals surface area contributed by atoms with Gasteiger partial charge in [0.15, 0.2) is 0 Å². The van der Waals surface area contributed by atoms with Crippen LogP contribution in [0.25, 0.3) is 0 Å². The van der Waals surface area contributed by atoms with Crippen molar-refractivity contribution in [3.63, 3.8) is 0 Å². The molecule has 3 aliphatic carbocycles. The fourth-order valence-corrected chi connectivity index (χ4v) is 5.29. The molecule has 92 valence electrons. The molecule has 6 atom stereocenters. The highest BCUT2D eigenvalue weighted by Crippen LogP contribution is 2.71. The molecule has 1 nitrogen and oxygen atoms in total. The average molecular weight is 222 g/mol. The average Bonchev–Trinajstić information content (AvgIpc) is 2.51. The van der Waals surface area contributed by atoms with Crippen molar-refractivity contribution in [3.05, 3.63) is 0 Å². The van der Waals surface area contributed by atoms with Gasteiger partial charge >= 0.3 is 0 Å². The fraction of sp³-hybridized carbons (Fsp3) is 1.00. The van der Waals surface area contributed by atoms with Crippen molar-refractivity contribution in [2.45, 2.75) is 59.0 Å². The highest BCUT2D eigenvalue weighted by atomic mass is 16.3. The van der Waals surface area contributed by atoms with E-state index >= 15 is 0 Å². The van der Waals surface area contributed by atoms with Gasteiger partial charge in [-0.15, -0.1) is 0 Å². The van der Waals surface area contributed by atoms with Gasteiger partial charge in [-0.25, -0.2) is 0 Å². The van der Waals surface area contributed by atoms with E-state index in [9.17, 15) is 5.11 Å². The van der Waals surface area contributed by atoms with Gasteiger partial charge in [0.25, 0.3) is 0 Å². The molecule has 0 spiro atoms. The molecule has 0 heterocycles. The van der Waals surface area contributed by atoms with Crippen molar-refractivity contribution in [3.8, 4) is 0 Å². The van der Waals surface area contributed by atoms with Crippen LogP contribution < -0.4 is 0 Å². The Kier molecular flexibility index (Phi) is 2.11. The summed E-state index contributed by atoms with van der Waals surface area (Å²) in [7, 11) is 0. The predicted octanol–water partition coefficient (Wildman–Crippen LogP) is 3.47. The monoisotopic (exact) mass is 222 g/mol. The Labute approximate surface area is 99.6 Å². The van der Waals surface area contributed by atoms with E-state index in [0.29, 0.717) is 11.3 Å². The van der Waals surface area contributed by atoms with E-state index in [1.165, 1.54) is 19.3 Å². The molecule has 3 saturated carbocycles. The molecule has 0 aromatic heterocycles. The Morgan fingerprint density at radius 2 is 1.69 bits per heavy atom. The van der Waals surface area contributed by atoms with Crippen LogP contribution in [-0.2, 0) is 0 Å². The van der Waals surface area contributed by atoms with Crippen LogP contribution >= 0.6 is 0 Å². The van der Waals surface area contributed by atoms with Crippen molar-refractivity contribution in [1.29, 1.82) is 0 Å². The van der Waals surface area contributed by atoms with Gasteiger partial charge in [-0.05, 0) is 61.2 Å². The first-order valence-corrected chi connectivity index (χ1v) is 7.08. The Bertz CT molecular complexity index is 305. The highest BCUT2D eigenvalue weighted by Gasteiger charge is 2.66. The second kappa shape index (κ2) is 3.04. The van der Waals surface area contributed by atoms with Gasteiger partial charge in [0.1, 0.15) is 0 Å². The zero-order valence-electron chi connectivity index (χ0n) is 11.2. The first-order chi connectivity index (χ1) is 7.36. The van der Waals surface area contributed by atoms with Gasteiger partial charge in [0.2, 0.25) is 0 Å². The summed E-state index contributed by atoms with van der Waals surface area (Å²) in [4.78, 5) is 0. The highest BCUT2D eigenvalue weighted by molar-refractivity contribution is 5.14. The topological polar surface area (TPSA) is 20.2 Å². The summed E-state index contributed by atoms with van der Waals surface area (Å²) < 4.78 is 0. The molecule has 3 rings (SSSR count). The third-order valence-electron chi connectivity index (χ3n) is 6.37. The predicted molar refractivity (Wildman–Crippen MR) is 66.0 cm³/mol. The van der Waals surface area contributed by atoms with Gasteiger partial charge in [0.05, 0.1) is 5.60 Å². The summed E-state index contributed by atoms with van der Waals surface area (Å²) >= 11 is 0. The largest absolute Gasteiger partial charge is 0.390 e. The Morgan fingerprint density at radius 1 is 1.00 bits per heavy atom. The lowest BCUT2D eigenvalue weighted by atomic mass is 9.74. The van der Waals surface area contributed by atoms with Crippen LogP contribution in [-0.4, -0.2) is 10.7 Å². The summed E-state index contributed by atoms with van der Waals surface area (Å²) in [6.07, 6.45) is 4.89. The van der Waals surface area contributed by atoms with Crippen LogP contribution in [0.1, 0.15) is 53.4 Å². The maximum atomic E-state index is 10.7. The van der Waals surface area contributed by atoms with Gasteiger partial charge < -0.3 is 5.11 Å². The molecular formula is C15H26O. The Morgan fingerprint density at radius 3 is 2.38 bits per heavy atom. The Balaban J connectivity index is 1.94. The minimum absolute atomic E-state index is 0.376. The quantitative estimate of drug-likeness (QED) is 0.665. The molecule has 0 saturated heterocycles. The summed E-state index contributed by atoms with van der Waals surface area (Å²) in [5.41, 5.74) is 0.191. The van der Waals surface area contributed by atoms with E-state index in [2.05, 4.69) is 27.7 Å². The minimum atomic E-state index is -0.376. The van der Waals surface area contributed by atoms with Crippen molar-refractivity contribution in [2.75, 3.05) is 0 Å². The maximum absolute atomic E-state index is 10.7. The molecule has 16 heavy (non-hydrogen) atoms. The molecule has 3 aliphatic rings. The van der Waals surface area contributed by atoms with Crippen LogP contribution in [0, 0.1) is 35.0 Å². The Hall–Kier alpha value is -0.0400. The molecule has 0 bridgehead atoms. The van der Waals surface area contributed by atoms with Crippen molar-refractivity contribution in [1.82, 2.24) is 0 Å². The van der Waals surface area contributed by atoms with Crippen LogP contribution in [0.15, 0.2) is 0 Å². The summed E-state index contributed by atoms with van der Waals surface area (Å²) in [6.45, 7) is 9.41. The molecule has 0 aromatic rings. The third kappa shape index (κ3) is 1.27. The number of hydrogen-bond donors (Lipinski definition) is 1. The standard InChI is InChI=1S/C15H26O/c1-9-5-6-10-12(9)13-11(14(13,2)3)7-8-15(10,4)16/h9-13,16H,5-8H2,1-4H3/t9-,10-,11+,12-,13+,15-/m1/s1. The first-order valence-electron chi connectivity index (χ1n) is 7.08. The molecule has 0 unspecified atom stereocenters. The van der Waals surface area contributed by atoms with Crippen molar-refractivity contribution < 1.29 is 5.11 Å². The van der Waals surface area contributed by atoms with E-state index in [1.54, 1.807) is 0 Å². The molecule has 3 fully saturated rings. The molecule has 1 N–H and O–H groups in total. The van der Waals surface area contributed by atoms with Crippen molar-refractivity contribution in [2.24, 2.45) is 35.0 Å². The number of hydrogen-bond acceptors (Lipinski definition) is 1. The van der Waals surface area contributed by atoms with Crippen molar-refractivity contribution >= 4 is 0 Å². The summed E-state index contributed by atoms with van der Waals surface area (Å²) in [5.74, 6) is 4.03.